The first-order valence-electron chi connectivity index (χ1n) is 23.8. The van der Waals surface area contributed by atoms with Gasteiger partial charge in [-0.1, -0.05) is 79.1 Å². The van der Waals surface area contributed by atoms with Gasteiger partial charge in [-0.25, -0.2) is 9.59 Å². The zero-order valence-corrected chi connectivity index (χ0v) is 41.6. The fourth-order valence-electron chi connectivity index (χ4n) is 9.90. The third kappa shape index (κ3) is 13.7. The maximum Gasteiger partial charge on any atom is 0.404 e. The van der Waals surface area contributed by atoms with Gasteiger partial charge in [-0.2, -0.15) is 28.7 Å². The van der Waals surface area contributed by atoms with E-state index in [2.05, 4.69) is 89.8 Å². The number of rotatable bonds is 22. The van der Waals surface area contributed by atoms with Crippen LogP contribution in [0.25, 0.3) is 0 Å². The molecule has 24 heteroatoms. The number of carbonyl (C=O) groups excluding carboxylic acids is 2. The van der Waals surface area contributed by atoms with Crippen molar-refractivity contribution < 1.29 is 38.2 Å². The molecular formula is C44H70Cl2F2N14O6. The Morgan fingerprint density at radius 1 is 0.647 bits per heavy atom. The van der Waals surface area contributed by atoms with Crippen LogP contribution < -0.4 is 42.1 Å². The molecule has 68 heavy (non-hydrogen) atoms. The lowest BCUT2D eigenvalue weighted by Gasteiger charge is -2.55. The van der Waals surface area contributed by atoms with Crippen LogP contribution in [0, 0.1) is 35.3 Å². The lowest BCUT2D eigenvalue weighted by Crippen LogP contribution is -2.69. The first-order chi connectivity index (χ1) is 32.4. The van der Waals surface area contributed by atoms with E-state index in [-0.39, 0.29) is 58.0 Å². The summed E-state index contributed by atoms with van der Waals surface area (Å²) in [5.41, 5.74) is 9.94. The van der Waals surface area contributed by atoms with E-state index < -0.39 is 47.5 Å². The van der Waals surface area contributed by atoms with E-state index in [0.29, 0.717) is 50.9 Å². The maximum atomic E-state index is 15.3. The van der Waals surface area contributed by atoms with E-state index in [1.165, 1.54) is 0 Å². The van der Waals surface area contributed by atoms with Crippen molar-refractivity contribution in [1.29, 1.82) is 0 Å². The summed E-state index contributed by atoms with van der Waals surface area (Å²) in [6, 6.07) is 0. The highest BCUT2D eigenvalue weighted by atomic mass is 35.5. The molecule has 0 unspecified atom stereocenters. The number of hydrogen-bond acceptors (Lipinski definition) is 14. The number of nitrogens with zero attached hydrogens (tertiary/aromatic N) is 8. The zero-order valence-electron chi connectivity index (χ0n) is 40.1. The van der Waals surface area contributed by atoms with Crippen molar-refractivity contribution in [3.8, 4) is 0 Å². The number of carboxylic acid groups (broad SMARTS) is 2. The van der Waals surface area contributed by atoms with Crippen molar-refractivity contribution in [1.82, 2.24) is 51.2 Å². The Bertz CT molecular complexity index is 1900. The molecule has 0 spiro atoms. The maximum absolute atomic E-state index is 15.3. The third-order valence-corrected chi connectivity index (χ3v) is 14.9. The van der Waals surface area contributed by atoms with Crippen LogP contribution in [0.4, 0.5) is 41.6 Å². The minimum Gasteiger partial charge on any atom is -0.465 e. The average Bonchev–Trinajstić information content (AvgIpc) is 4.01. The van der Waals surface area contributed by atoms with Gasteiger partial charge in [-0.3, -0.25) is 41.1 Å². The van der Waals surface area contributed by atoms with Crippen molar-refractivity contribution in [2.75, 3.05) is 87.1 Å². The summed E-state index contributed by atoms with van der Waals surface area (Å²) in [6.45, 7) is 12.5. The lowest BCUT2D eigenvalue weighted by molar-refractivity contribution is -0.125. The molecule has 0 aromatic carbocycles. The molecule has 0 bridgehead atoms. The van der Waals surface area contributed by atoms with Gasteiger partial charge >= 0.3 is 12.2 Å². The van der Waals surface area contributed by atoms with Gasteiger partial charge in [0.2, 0.25) is 34.0 Å². The molecular weight excluding hydrogens is 929 g/mol. The van der Waals surface area contributed by atoms with Gasteiger partial charge in [-0.05, 0) is 87.9 Å². The van der Waals surface area contributed by atoms with E-state index in [0.717, 1.165) is 77.3 Å². The number of nitrogens with one attached hydrogen (secondary N) is 6. The molecule has 4 amide bonds. The summed E-state index contributed by atoms with van der Waals surface area (Å²) in [5, 5.41) is 22.2. The molecule has 4 fully saturated rings. The molecule has 2 aromatic rings. The van der Waals surface area contributed by atoms with Gasteiger partial charge in [0.25, 0.3) is 0 Å². The summed E-state index contributed by atoms with van der Waals surface area (Å²) in [4.78, 5) is 71.6. The number of hydrogen-bond donors (Lipinski definition) is 8. The fourth-order valence-corrected chi connectivity index (χ4v) is 10.2. The first kappa shape index (κ1) is 54.1. The van der Waals surface area contributed by atoms with E-state index in [9.17, 15) is 19.2 Å². The summed E-state index contributed by atoms with van der Waals surface area (Å²) >= 11 is 12.1. The van der Waals surface area contributed by atoms with E-state index in [1.807, 2.05) is 23.9 Å². The average molecular weight is 1000 g/mol. The number of halogens is 4. The zero-order chi connectivity index (χ0) is 49.8. The molecule has 2 aliphatic heterocycles. The quantitative estimate of drug-likeness (QED) is 0.0484. The van der Waals surface area contributed by atoms with Gasteiger partial charge in [-0.15, -0.1) is 0 Å². The molecule has 380 valence electrons. The van der Waals surface area contributed by atoms with Crippen LogP contribution in [0.15, 0.2) is 0 Å². The molecule has 20 nitrogen and oxygen atoms in total. The van der Waals surface area contributed by atoms with Crippen LogP contribution in [-0.4, -0.2) is 141 Å². The molecule has 2 saturated heterocycles. The van der Waals surface area contributed by atoms with Crippen molar-refractivity contribution in [2.45, 2.75) is 116 Å². The van der Waals surface area contributed by atoms with Crippen LogP contribution in [0.2, 0.25) is 10.6 Å². The molecule has 2 atom stereocenters. The normalized spacial score (nSPS) is 18.5. The number of anilines is 4. The Hall–Kier alpha value is -4.80. The predicted octanol–water partition coefficient (Wildman–Crippen LogP) is 6.19. The van der Waals surface area contributed by atoms with Gasteiger partial charge < -0.3 is 30.6 Å². The van der Waals surface area contributed by atoms with Gasteiger partial charge in [0, 0.05) is 39.3 Å². The molecule has 4 aliphatic rings. The minimum absolute atomic E-state index is 0.0184. The first-order valence-corrected chi connectivity index (χ1v) is 24.6. The van der Waals surface area contributed by atoms with E-state index in [1.54, 1.807) is 0 Å². The molecule has 2 aromatic heterocycles. The smallest absolute Gasteiger partial charge is 0.404 e. The van der Waals surface area contributed by atoms with Crippen molar-refractivity contribution in [3.05, 3.63) is 22.2 Å². The summed E-state index contributed by atoms with van der Waals surface area (Å²) < 4.78 is 30.5. The SMILES string of the molecule is CCN(C)C1(CC)CN(c2nc(Cl)nc(NNC(=O)[C@@H](CNC(=O)O)CC3CCCC3)c2F)C1.CCN(C)C1(CC)CN(c2nc(Cl)nc(NNC(=O)[C@@H](CNC(=O)O)CC3CCCC3)c2F)C1. The van der Waals surface area contributed by atoms with Gasteiger partial charge in [0.1, 0.15) is 0 Å². The van der Waals surface area contributed by atoms with E-state index >= 15 is 8.78 Å². The highest BCUT2D eigenvalue weighted by Crippen LogP contribution is 2.38. The Kier molecular flexibility index (Phi) is 19.6. The monoisotopic (exact) mass is 998 g/mol. The Balaban J connectivity index is 0.000000254. The number of amides is 4. The summed E-state index contributed by atoms with van der Waals surface area (Å²) in [6.07, 6.45) is 9.10. The molecule has 4 heterocycles. The van der Waals surface area contributed by atoms with Crippen LogP contribution in [0.3, 0.4) is 0 Å². The minimum atomic E-state index is -1.19. The largest absolute Gasteiger partial charge is 0.465 e. The predicted molar refractivity (Wildman–Crippen MR) is 257 cm³/mol. The second kappa shape index (κ2) is 24.7. The van der Waals surface area contributed by atoms with Crippen LogP contribution >= 0.6 is 23.2 Å². The number of likely N-dealkylation sites (N-methyl/N-ethyl adjacent to an activating group) is 2. The Labute approximate surface area is 407 Å². The Morgan fingerprint density at radius 3 is 1.28 bits per heavy atom. The lowest BCUT2D eigenvalue weighted by atomic mass is 9.85. The second-order valence-corrected chi connectivity index (χ2v) is 19.3. The molecule has 8 N–H and O–H groups in total. The number of carbonyl (C=O) groups is 4. The molecule has 2 saturated carbocycles. The van der Waals surface area contributed by atoms with Crippen LogP contribution in [0.1, 0.15) is 105 Å². The second-order valence-electron chi connectivity index (χ2n) is 18.6. The summed E-state index contributed by atoms with van der Waals surface area (Å²) in [5.74, 6) is -3.00. The highest BCUT2D eigenvalue weighted by Gasteiger charge is 2.47. The molecule has 0 radical (unpaired) electrons. The van der Waals surface area contributed by atoms with Crippen molar-refractivity contribution >= 4 is 70.5 Å². The third-order valence-electron chi connectivity index (χ3n) is 14.6. The van der Waals surface area contributed by atoms with Gasteiger partial charge in [0.15, 0.2) is 23.3 Å². The van der Waals surface area contributed by atoms with Crippen molar-refractivity contribution in [3.63, 3.8) is 0 Å². The molecule has 2 aliphatic carbocycles. The van der Waals surface area contributed by atoms with Gasteiger partial charge in [0.05, 0.1) is 22.9 Å². The van der Waals surface area contributed by atoms with Crippen LogP contribution in [-0.2, 0) is 9.59 Å². The standard InChI is InChI=1S/2C22H35ClFN7O3/c2*1-4-22(30(3)5-2)12-31(13-22)18-16(24)17(26-20(23)27-18)28-29-19(32)15(11-25-21(33)34)10-14-8-6-7-9-14/h2*14-15,25H,4-13H2,1-3H3,(H,29,32)(H,33,34)(H,26,27,28)/t2*15-/m11/s1. The van der Waals surface area contributed by atoms with E-state index in [4.69, 9.17) is 33.4 Å². The molecule has 6 rings (SSSR count). The number of hydrazine groups is 2. The van der Waals surface area contributed by atoms with Crippen molar-refractivity contribution in [2.24, 2.45) is 23.7 Å². The highest BCUT2D eigenvalue weighted by molar-refractivity contribution is 6.28. The summed E-state index contributed by atoms with van der Waals surface area (Å²) in [7, 11) is 4.10. The topological polar surface area (TPSA) is 245 Å². The Morgan fingerprint density at radius 2 is 0.985 bits per heavy atom. The fraction of sp³-hybridized carbons (Fsp3) is 0.727. The van der Waals surface area contributed by atoms with Crippen LogP contribution in [0.5, 0.6) is 0 Å². The number of aromatic nitrogens is 4.